The van der Waals surface area contributed by atoms with E-state index in [0.29, 0.717) is 0 Å². The van der Waals surface area contributed by atoms with Gasteiger partial charge in [0.25, 0.3) is 0 Å². The van der Waals surface area contributed by atoms with Gasteiger partial charge in [0.15, 0.2) is 0 Å². The molecule has 0 heterocycles. The molecular formula is C18H20ClF3N2O2. The van der Waals surface area contributed by atoms with E-state index >= 15 is 0 Å². The summed E-state index contributed by atoms with van der Waals surface area (Å²) >= 11 is 5.55. The Morgan fingerprint density at radius 3 is 2.54 bits per heavy atom. The summed E-state index contributed by atoms with van der Waals surface area (Å²) in [7, 11) is 0. The molecule has 2 rings (SSSR count). The molecule has 1 aliphatic carbocycles. The van der Waals surface area contributed by atoms with Crippen LogP contribution in [0.25, 0.3) is 6.08 Å². The van der Waals surface area contributed by atoms with E-state index in [1.807, 2.05) is 0 Å². The van der Waals surface area contributed by atoms with Crippen LogP contribution in [0, 0.1) is 0 Å². The maximum absolute atomic E-state index is 12.8. The summed E-state index contributed by atoms with van der Waals surface area (Å²) in [6.07, 6.45) is 1.78. The molecule has 1 aromatic carbocycles. The van der Waals surface area contributed by atoms with Crippen LogP contribution in [-0.4, -0.2) is 23.9 Å². The summed E-state index contributed by atoms with van der Waals surface area (Å²) in [5.41, 5.74) is -0.786. The van der Waals surface area contributed by atoms with E-state index in [1.54, 1.807) is 6.92 Å². The SMILES string of the molecule is C[C@@H](NC(=O)/C=C\c1ccc(Cl)c(C(F)(F)F)c1)C(=O)NC1CCCC1. The number of halogens is 4. The topological polar surface area (TPSA) is 58.2 Å². The largest absolute Gasteiger partial charge is 0.417 e. The van der Waals surface area contributed by atoms with Gasteiger partial charge in [-0.15, -0.1) is 0 Å². The Morgan fingerprint density at radius 2 is 1.92 bits per heavy atom. The van der Waals surface area contributed by atoms with Gasteiger partial charge < -0.3 is 10.6 Å². The Labute approximate surface area is 154 Å². The van der Waals surface area contributed by atoms with Crippen LogP contribution in [0.15, 0.2) is 24.3 Å². The molecule has 1 aliphatic rings. The van der Waals surface area contributed by atoms with E-state index in [4.69, 9.17) is 11.6 Å². The highest BCUT2D eigenvalue weighted by molar-refractivity contribution is 6.31. The standard InChI is InChI=1S/C18H20ClF3N2O2/c1-11(17(26)24-13-4-2-3-5-13)23-16(25)9-7-12-6-8-15(19)14(10-12)18(20,21)22/h6-11,13H,2-5H2,1H3,(H,23,25)(H,24,26)/b9-7-/t11-/m1/s1. The fourth-order valence-corrected chi connectivity index (χ4v) is 2.98. The van der Waals surface area contributed by atoms with E-state index in [9.17, 15) is 22.8 Å². The number of carbonyl (C=O) groups excluding carboxylic acids is 2. The lowest BCUT2D eigenvalue weighted by molar-refractivity contribution is -0.137. The van der Waals surface area contributed by atoms with E-state index in [-0.39, 0.29) is 17.5 Å². The Kier molecular flexibility index (Phi) is 6.69. The molecule has 1 atom stereocenters. The van der Waals surface area contributed by atoms with Crippen molar-refractivity contribution in [2.24, 2.45) is 0 Å². The maximum Gasteiger partial charge on any atom is 0.417 e. The molecular weight excluding hydrogens is 369 g/mol. The molecule has 0 bridgehead atoms. The van der Waals surface area contributed by atoms with Gasteiger partial charge >= 0.3 is 6.18 Å². The molecule has 1 aromatic rings. The van der Waals surface area contributed by atoms with Crippen LogP contribution in [0.1, 0.15) is 43.7 Å². The van der Waals surface area contributed by atoms with Gasteiger partial charge in [-0.05, 0) is 43.5 Å². The van der Waals surface area contributed by atoms with Gasteiger partial charge in [0.05, 0.1) is 10.6 Å². The average molecular weight is 389 g/mol. The van der Waals surface area contributed by atoms with Gasteiger partial charge in [0.2, 0.25) is 11.8 Å². The maximum atomic E-state index is 12.8. The number of hydrogen-bond acceptors (Lipinski definition) is 2. The molecule has 0 saturated heterocycles. The number of benzene rings is 1. The van der Waals surface area contributed by atoms with E-state index in [2.05, 4.69) is 10.6 Å². The molecule has 1 fully saturated rings. The molecule has 0 aliphatic heterocycles. The summed E-state index contributed by atoms with van der Waals surface area (Å²) < 4.78 is 38.5. The zero-order valence-corrected chi connectivity index (χ0v) is 15.0. The lowest BCUT2D eigenvalue weighted by Crippen LogP contribution is -2.47. The third-order valence-corrected chi connectivity index (χ3v) is 4.51. The number of rotatable bonds is 5. The Morgan fingerprint density at radius 1 is 1.27 bits per heavy atom. The lowest BCUT2D eigenvalue weighted by Gasteiger charge is -2.17. The second-order valence-electron chi connectivity index (χ2n) is 6.29. The molecule has 2 amide bonds. The highest BCUT2D eigenvalue weighted by atomic mass is 35.5. The van der Waals surface area contributed by atoms with Gasteiger partial charge in [0.1, 0.15) is 6.04 Å². The fraction of sp³-hybridized carbons (Fsp3) is 0.444. The molecule has 0 spiro atoms. The fourth-order valence-electron chi connectivity index (χ4n) is 2.76. The summed E-state index contributed by atoms with van der Waals surface area (Å²) in [6, 6.07) is 2.77. The Bertz CT molecular complexity index is 698. The normalized spacial score (nSPS) is 16.7. The monoisotopic (exact) mass is 388 g/mol. The van der Waals surface area contributed by atoms with Crippen LogP contribution in [0.5, 0.6) is 0 Å². The predicted molar refractivity (Wildman–Crippen MR) is 93.5 cm³/mol. The number of hydrogen-bond donors (Lipinski definition) is 2. The smallest absolute Gasteiger partial charge is 0.352 e. The van der Waals surface area contributed by atoms with Crippen LogP contribution in [-0.2, 0) is 15.8 Å². The molecule has 0 unspecified atom stereocenters. The van der Waals surface area contributed by atoms with Crippen molar-refractivity contribution in [1.29, 1.82) is 0 Å². The minimum absolute atomic E-state index is 0.146. The molecule has 1 saturated carbocycles. The highest BCUT2D eigenvalue weighted by Gasteiger charge is 2.33. The van der Waals surface area contributed by atoms with Crippen molar-refractivity contribution < 1.29 is 22.8 Å². The zero-order valence-electron chi connectivity index (χ0n) is 14.2. The third-order valence-electron chi connectivity index (χ3n) is 4.18. The van der Waals surface area contributed by atoms with Crippen molar-refractivity contribution in [3.05, 3.63) is 40.4 Å². The first kappa shape index (κ1) is 20.3. The summed E-state index contributed by atoms with van der Waals surface area (Å²) in [4.78, 5) is 23.9. The van der Waals surface area contributed by atoms with Gasteiger partial charge in [-0.25, -0.2) is 0 Å². The van der Waals surface area contributed by atoms with Crippen molar-refractivity contribution in [2.75, 3.05) is 0 Å². The molecule has 0 radical (unpaired) electrons. The van der Waals surface area contributed by atoms with E-state index in [1.165, 1.54) is 12.1 Å². The third kappa shape index (κ3) is 5.76. The van der Waals surface area contributed by atoms with Crippen LogP contribution in [0.4, 0.5) is 13.2 Å². The second kappa shape index (κ2) is 8.58. The van der Waals surface area contributed by atoms with E-state index in [0.717, 1.165) is 43.9 Å². The molecule has 8 heteroatoms. The van der Waals surface area contributed by atoms with Crippen LogP contribution in [0.3, 0.4) is 0 Å². The minimum Gasteiger partial charge on any atom is -0.352 e. The minimum atomic E-state index is -4.57. The molecule has 0 aromatic heterocycles. The number of carbonyl (C=O) groups is 2. The van der Waals surface area contributed by atoms with Crippen molar-refractivity contribution in [3.63, 3.8) is 0 Å². The highest BCUT2D eigenvalue weighted by Crippen LogP contribution is 2.35. The number of alkyl halides is 3. The van der Waals surface area contributed by atoms with Crippen LogP contribution in [0.2, 0.25) is 5.02 Å². The number of amides is 2. The zero-order chi connectivity index (χ0) is 19.3. The average Bonchev–Trinajstić information content (AvgIpc) is 3.05. The summed E-state index contributed by atoms with van der Waals surface area (Å²) in [6.45, 7) is 1.56. The van der Waals surface area contributed by atoms with E-state index < -0.39 is 28.7 Å². The van der Waals surface area contributed by atoms with Gasteiger partial charge in [-0.2, -0.15) is 13.2 Å². The van der Waals surface area contributed by atoms with Crippen molar-refractivity contribution >= 4 is 29.5 Å². The summed E-state index contributed by atoms with van der Waals surface area (Å²) in [5, 5.41) is 4.96. The Hall–Kier alpha value is -2.02. The summed E-state index contributed by atoms with van der Waals surface area (Å²) in [5.74, 6) is -0.841. The quantitative estimate of drug-likeness (QED) is 0.751. The lowest BCUT2D eigenvalue weighted by atomic mass is 10.1. The van der Waals surface area contributed by atoms with Crippen LogP contribution >= 0.6 is 11.6 Å². The first-order valence-electron chi connectivity index (χ1n) is 8.32. The first-order chi connectivity index (χ1) is 12.2. The van der Waals surface area contributed by atoms with Crippen molar-refractivity contribution in [3.8, 4) is 0 Å². The second-order valence-corrected chi connectivity index (χ2v) is 6.70. The van der Waals surface area contributed by atoms with Crippen LogP contribution < -0.4 is 10.6 Å². The molecule has 2 N–H and O–H groups in total. The van der Waals surface area contributed by atoms with Gasteiger partial charge in [-0.1, -0.05) is 30.5 Å². The molecule has 4 nitrogen and oxygen atoms in total. The first-order valence-corrected chi connectivity index (χ1v) is 8.70. The molecule has 142 valence electrons. The van der Waals surface area contributed by atoms with Gasteiger partial charge in [-0.3, -0.25) is 9.59 Å². The van der Waals surface area contributed by atoms with Crippen molar-refractivity contribution in [1.82, 2.24) is 10.6 Å². The predicted octanol–water partition coefficient (Wildman–Crippen LogP) is 3.94. The van der Waals surface area contributed by atoms with Crippen molar-refractivity contribution in [2.45, 2.75) is 50.9 Å². The Balaban J connectivity index is 1.93. The molecule has 26 heavy (non-hydrogen) atoms. The number of nitrogens with one attached hydrogen (secondary N) is 2. The van der Waals surface area contributed by atoms with Gasteiger partial charge in [0, 0.05) is 12.1 Å².